The third kappa shape index (κ3) is 6.27. The Hall–Kier alpha value is -2.49. The van der Waals surface area contributed by atoms with Gasteiger partial charge in [0.1, 0.15) is 5.82 Å². The number of para-hydroxylation sites is 1. The number of rotatable bonds is 8. The van der Waals surface area contributed by atoms with E-state index in [1.807, 2.05) is 43.4 Å². The first-order valence-corrected chi connectivity index (χ1v) is 11.7. The van der Waals surface area contributed by atoms with Crippen molar-refractivity contribution >= 4 is 28.8 Å². The number of amides is 2. The Labute approximate surface area is 193 Å². The van der Waals surface area contributed by atoms with Crippen LogP contribution in [-0.2, 0) is 9.59 Å². The topological polar surface area (TPSA) is 67.9 Å². The van der Waals surface area contributed by atoms with Gasteiger partial charge in [-0.2, -0.15) is 0 Å². The standard InChI is InChI=1S/C23H32FN5O2S/c1-17(26-23(31)22(30)25-10-11-27(2)3)21(20-9-6-16-32-20)29-14-12-28(13-15-29)19-8-5-4-7-18(19)24/h4-9,16-17,21H,10-15H2,1-3H3,(H,25,30)(H,26,31)/t17-,21-/m0/s1. The number of piperazine rings is 1. The van der Waals surface area contributed by atoms with Gasteiger partial charge in [0.15, 0.2) is 0 Å². The fourth-order valence-corrected chi connectivity index (χ4v) is 4.94. The van der Waals surface area contributed by atoms with Crippen molar-refractivity contribution in [3.63, 3.8) is 0 Å². The first kappa shape index (κ1) is 24.2. The van der Waals surface area contributed by atoms with Crippen LogP contribution in [0.15, 0.2) is 41.8 Å². The SMILES string of the molecule is C[C@H](NC(=O)C(=O)NCCN(C)C)[C@@H](c1cccs1)N1CCN(c2ccccc2F)CC1. The number of carbonyl (C=O) groups is 2. The van der Waals surface area contributed by atoms with Crippen molar-refractivity contribution in [3.8, 4) is 0 Å². The van der Waals surface area contributed by atoms with Crippen LogP contribution in [0.5, 0.6) is 0 Å². The fraction of sp³-hybridized carbons (Fsp3) is 0.478. The molecular formula is C23H32FN5O2S. The number of anilines is 1. The molecule has 0 spiro atoms. The normalized spacial score (nSPS) is 16.6. The van der Waals surface area contributed by atoms with E-state index in [2.05, 4.69) is 26.5 Å². The first-order chi connectivity index (χ1) is 15.4. The lowest BCUT2D eigenvalue weighted by atomic mass is 10.0. The molecule has 0 aliphatic carbocycles. The fourth-order valence-electron chi connectivity index (χ4n) is 3.98. The summed E-state index contributed by atoms with van der Waals surface area (Å²) >= 11 is 1.63. The quantitative estimate of drug-likeness (QED) is 0.588. The second-order valence-electron chi connectivity index (χ2n) is 8.26. The highest BCUT2D eigenvalue weighted by Crippen LogP contribution is 2.30. The van der Waals surface area contributed by atoms with Crippen LogP contribution in [0.3, 0.4) is 0 Å². The molecule has 3 rings (SSSR count). The number of carbonyl (C=O) groups excluding carboxylic acids is 2. The van der Waals surface area contributed by atoms with Gasteiger partial charge in [-0.05, 0) is 44.6 Å². The maximum Gasteiger partial charge on any atom is 0.309 e. The van der Waals surface area contributed by atoms with Crippen molar-refractivity contribution in [1.82, 2.24) is 20.4 Å². The van der Waals surface area contributed by atoms with Crippen molar-refractivity contribution < 1.29 is 14.0 Å². The Bertz CT molecular complexity index is 884. The van der Waals surface area contributed by atoms with E-state index in [-0.39, 0.29) is 17.9 Å². The van der Waals surface area contributed by atoms with Gasteiger partial charge < -0.3 is 20.4 Å². The van der Waals surface area contributed by atoms with E-state index in [9.17, 15) is 14.0 Å². The van der Waals surface area contributed by atoms with Crippen molar-refractivity contribution in [1.29, 1.82) is 0 Å². The monoisotopic (exact) mass is 461 g/mol. The molecule has 2 N–H and O–H groups in total. The van der Waals surface area contributed by atoms with Crippen LogP contribution in [0.25, 0.3) is 0 Å². The molecule has 2 atom stereocenters. The summed E-state index contributed by atoms with van der Waals surface area (Å²) in [5.41, 5.74) is 0.621. The summed E-state index contributed by atoms with van der Waals surface area (Å²) in [6.45, 7) is 5.85. The van der Waals surface area contributed by atoms with E-state index >= 15 is 0 Å². The zero-order valence-corrected chi connectivity index (χ0v) is 19.7. The van der Waals surface area contributed by atoms with Crippen LogP contribution >= 0.6 is 11.3 Å². The van der Waals surface area contributed by atoms with Crippen LogP contribution in [0.1, 0.15) is 17.8 Å². The smallest absolute Gasteiger partial charge is 0.309 e. The Morgan fingerprint density at radius 2 is 1.81 bits per heavy atom. The minimum absolute atomic E-state index is 0.0590. The molecule has 2 heterocycles. The number of thiophene rings is 1. The molecule has 1 aliphatic heterocycles. The van der Waals surface area contributed by atoms with Crippen molar-refractivity contribution in [2.45, 2.75) is 19.0 Å². The number of nitrogens with zero attached hydrogens (tertiary/aromatic N) is 3. The Balaban J connectivity index is 1.63. The molecule has 2 amide bonds. The lowest BCUT2D eigenvalue weighted by Gasteiger charge is -2.42. The zero-order chi connectivity index (χ0) is 23.1. The highest BCUT2D eigenvalue weighted by Gasteiger charge is 2.32. The molecule has 7 nitrogen and oxygen atoms in total. The number of nitrogens with one attached hydrogen (secondary N) is 2. The second kappa shape index (κ2) is 11.4. The van der Waals surface area contributed by atoms with E-state index in [0.29, 0.717) is 31.9 Å². The average molecular weight is 462 g/mol. The average Bonchev–Trinajstić information content (AvgIpc) is 3.28. The summed E-state index contributed by atoms with van der Waals surface area (Å²) in [5.74, 6) is -1.45. The molecule has 1 aromatic carbocycles. The van der Waals surface area contributed by atoms with Gasteiger partial charge in [-0.15, -0.1) is 11.3 Å². The highest BCUT2D eigenvalue weighted by molar-refractivity contribution is 7.10. The predicted octanol–water partition coefficient (Wildman–Crippen LogP) is 1.93. The Morgan fingerprint density at radius 3 is 2.44 bits per heavy atom. The predicted molar refractivity (Wildman–Crippen MR) is 126 cm³/mol. The third-order valence-electron chi connectivity index (χ3n) is 5.62. The summed E-state index contributed by atoms with van der Waals surface area (Å²) in [6.07, 6.45) is 0. The molecule has 0 bridgehead atoms. The lowest BCUT2D eigenvalue weighted by molar-refractivity contribution is -0.139. The third-order valence-corrected chi connectivity index (χ3v) is 6.56. The molecule has 0 unspecified atom stereocenters. The maximum absolute atomic E-state index is 14.2. The number of hydrogen-bond acceptors (Lipinski definition) is 6. The van der Waals surface area contributed by atoms with Crippen molar-refractivity contribution in [3.05, 3.63) is 52.5 Å². The number of hydrogen-bond donors (Lipinski definition) is 2. The van der Waals surface area contributed by atoms with Crippen LogP contribution in [0.4, 0.5) is 10.1 Å². The molecule has 0 radical (unpaired) electrons. The van der Waals surface area contributed by atoms with Crippen LogP contribution < -0.4 is 15.5 Å². The van der Waals surface area contributed by atoms with Gasteiger partial charge in [0.05, 0.1) is 11.7 Å². The molecule has 1 aromatic heterocycles. The number of halogens is 1. The molecule has 174 valence electrons. The largest absolute Gasteiger partial charge is 0.367 e. The van der Waals surface area contributed by atoms with Gasteiger partial charge >= 0.3 is 11.8 Å². The maximum atomic E-state index is 14.2. The molecule has 9 heteroatoms. The summed E-state index contributed by atoms with van der Waals surface area (Å²) in [6, 6.07) is 10.6. The molecule has 1 aliphatic rings. The van der Waals surface area contributed by atoms with Gasteiger partial charge in [-0.1, -0.05) is 18.2 Å². The molecule has 32 heavy (non-hydrogen) atoms. The van der Waals surface area contributed by atoms with E-state index in [1.165, 1.54) is 6.07 Å². The summed E-state index contributed by atoms with van der Waals surface area (Å²) in [7, 11) is 3.82. The Kier molecular flexibility index (Phi) is 8.60. The van der Waals surface area contributed by atoms with Crippen LogP contribution in [-0.4, -0.2) is 81.0 Å². The molecule has 2 aromatic rings. The van der Waals surface area contributed by atoms with Crippen molar-refractivity contribution in [2.24, 2.45) is 0 Å². The van der Waals surface area contributed by atoms with E-state index in [0.717, 1.165) is 18.0 Å². The van der Waals surface area contributed by atoms with Gasteiger partial charge in [0.25, 0.3) is 0 Å². The number of benzene rings is 1. The van der Waals surface area contributed by atoms with Gasteiger partial charge in [-0.25, -0.2) is 4.39 Å². The number of likely N-dealkylation sites (N-methyl/N-ethyl adjacent to an activating group) is 1. The summed E-state index contributed by atoms with van der Waals surface area (Å²) in [4.78, 5) is 32.1. The van der Waals surface area contributed by atoms with Gasteiger partial charge in [0, 0.05) is 50.2 Å². The molecular weight excluding hydrogens is 429 g/mol. The second-order valence-corrected chi connectivity index (χ2v) is 9.24. The summed E-state index contributed by atoms with van der Waals surface area (Å²) in [5, 5.41) is 7.55. The minimum Gasteiger partial charge on any atom is -0.367 e. The molecule has 1 saturated heterocycles. The minimum atomic E-state index is -0.622. The van der Waals surface area contributed by atoms with Crippen molar-refractivity contribution in [2.75, 3.05) is 58.3 Å². The lowest BCUT2D eigenvalue weighted by Crippen LogP contribution is -2.54. The van der Waals surface area contributed by atoms with Crippen LogP contribution in [0.2, 0.25) is 0 Å². The first-order valence-electron chi connectivity index (χ1n) is 10.9. The van der Waals surface area contributed by atoms with Crippen LogP contribution in [0, 0.1) is 5.82 Å². The van der Waals surface area contributed by atoms with E-state index in [1.54, 1.807) is 23.5 Å². The van der Waals surface area contributed by atoms with E-state index < -0.39 is 11.8 Å². The van der Waals surface area contributed by atoms with E-state index in [4.69, 9.17) is 0 Å². The van der Waals surface area contributed by atoms with Gasteiger partial charge in [-0.3, -0.25) is 14.5 Å². The zero-order valence-electron chi connectivity index (χ0n) is 18.9. The molecule has 1 fully saturated rings. The van der Waals surface area contributed by atoms with Gasteiger partial charge in [0.2, 0.25) is 0 Å². The Morgan fingerprint density at radius 1 is 1.09 bits per heavy atom. The summed E-state index contributed by atoms with van der Waals surface area (Å²) < 4.78 is 14.2. The molecule has 0 saturated carbocycles. The highest BCUT2D eigenvalue weighted by atomic mass is 32.1.